The molecule has 0 N–H and O–H groups in total. The zero-order chi connectivity index (χ0) is 24.5. The SMILES string of the molecule is CN(C)CCCN(C(=O)c1ccc(S(=O)(=O)N(C)C)cc1)c1nc2cc3c(cc2s1)OCCO3.Cl. The molecule has 35 heavy (non-hydrogen) atoms. The minimum absolute atomic E-state index is 0. The number of benzene rings is 2. The molecule has 9 nitrogen and oxygen atoms in total. The molecule has 0 spiro atoms. The first-order valence-electron chi connectivity index (χ1n) is 10.9. The van der Waals surface area contributed by atoms with Gasteiger partial charge < -0.3 is 14.4 Å². The van der Waals surface area contributed by atoms with Crippen LogP contribution >= 0.6 is 23.7 Å². The van der Waals surface area contributed by atoms with E-state index in [0.717, 1.165) is 27.5 Å². The molecule has 0 radical (unpaired) electrons. The lowest BCUT2D eigenvalue weighted by Crippen LogP contribution is -2.33. The normalized spacial score (nSPS) is 13.2. The van der Waals surface area contributed by atoms with E-state index in [2.05, 4.69) is 4.90 Å². The molecule has 1 amide bonds. The van der Waals surface area contributed by atoms with E-state index in [1.807, 2.05) is 26.2 Å². The monoisotopic (exact) mass is 540 g/mol. The summed E-state index contributed by atoms with van der Waals surface area (Å²) >= 11 is 1.41. The fourth-order valence-electron chi connectivity index (χ4n) is 3.53. The van der Waals surface area contributed by atoms with E-state index < -0.39 is 10.0 Å². The van der Waals surface area contributed by atoms with Gasteiger partial charge in [-0.1, -0.05) is 11.3 Å². The zero-order valence-electron chi connectivity index (χ0n) is 20.1. The number of sulfonamides is 1. The largest absolute Gasteiger partial charge is 0.486 e. The van der Waals surface area contributed by atoms with Crippen LogP contribution in [0.5, 0.6) is 11.5 Å². The van der Waals surface area contributed by atoms with Crippen LogP contribution in [0.1, 0.15) is 16.8 Å². The summed E-state index contributed by atoms with van der Waals surface area (Å²) in [4.78, 5) is 22.1. The number of hydrogen-bond donors (Lipinski definition) is 0. The van der Waals surface area contributed by atoms with E-state index in [-0.39, 0.29) is 23.2 Å². The predicted octanol–water partition coefficient (Wildman–Crippen LogP) is 3.34. The number of halogens is 1. The van der Waals surface area contributed by atoms with E-state index >= 15 is 0 Å². The van der Waals surface area contributed by atoms with Crippen molar-refractivity contribution in [3.05, 3.63) is 42.0 Å². The van der Waals surface area contributed by atoms with Gasteiger partial charge in [0.05, 0.1) is 15.1 Å². The highest BCUT2D eigenvalue weighted by Crippen LogP contribution is 2.39. The minimum Gasteiger partial charge on any atom is -0.486 e. The van der Waals surface area contributed by atoms with Crippen molar-refractivity contribution in [1.82, 2.24) is 14.2 Å². The highest BCUT2D eigenvalue weighted by atomic mass is 35.5. The summed E-state index contributed by atoms with van der Waals surface area (Å²) in [5, 5.41) is 0.575. The number of nitrogens with zero attached hydrogens (tertiary/aromatic N) is 4. The Morgan fingerprint density at radius 1 is 1.00 bits per heavy atom. The van der Waals surface area contributed by atoms with Crippen molar-refractivity contribution in [3.8, 4) is 11.5 Å². The molecule has 1 aliphatic heterocycles. The maximum absolute atomic E-state index is 13.5. The standard InChI is InChI=1S/C23H28N4O5S2.ClH/c1-25(2)10-5-11-27(22(28)16-6-8-17(9-7-16)34(29,30)26(3)4)23-24-18-14-19-20(15-21(18)33-23)32-13-12-31-19;/h6-9,14-15H,5,10-13H2,1-4H3;1H. The number of hydrogen-bond acceptors (Lipinski definition) is 8. The van der Waals surface area contributed by atoms with Gasteiger partial charge in [-0.3, -0.25) is 9.69 Å². The fraction of sp³-hybridized carbons (Fsp3) is 0.391. The van der Waals surface area contributed by atoms with Gasteiger partial charge in [0.2, 0.25) is 10.0 Å². The van der Waals surface area contributed by atoms with Crippen molar-refractivity contribution in [3.63, 3.8) is 0 Å². The average molecular weight is 541 g/mol. The lowest BCUT2D eigenvalue weighted by molar-refractivity contribution is 0.0986. The van der Waals surface area contributed by atoms with Crippen LogP contribution in [-0.4, -0.2) is 83.0 Å². The lowest BCUT2D eigenvalue weighted by Gasteiger charge is -2.21. The molecule has 1 aliphatic rings. The second-order valence-electron chi connectivity index (χ2n) is 8.39. The molecule has 0 bridgehead atoms. The highest BCUT2D eigenvalue weighted by Gasteiger charge is 2.24. The second-order valence-corrected chi connectivity index (χ2v) is 11.5. The number of anilines is 1. The summed E-state index contributed by atoms with van der Waals surface area (Å²) in [6.07, 6.45) is 0.754. The number of rotatable bonds is 8. The van der Waals surface area contributed by atoms with Crippen LogP contribution in [0.25, 0.3) is 10.2 Å². The van der Waals surface area contributed by atoms with Gasteiger partial charge in [0, 0.05) is 38.3 Å². The van der Waals surface area contributed by atoms with Crippen molar-refractivity contribution < 1.29 is 22.7 Å². The number of fused-ring (bicyclic) bond motifs is 2. The predicted molar refractivity (Wildman–Crippen MR) is 140 cm³/mol. The number of carbonyl (C=O) groups is 1. The third kappa shape index (κ3) is 5.87. The number of ether oxygens (including phenoxy) is 2. The molecule has 0 unspecified atom stereocenters. The molecule has 2 heterocycles. The van der Waals surface area contributed by atoms with Gasteiger partial charge in [-0.25, -0.2) is 17.7 Å². The Labute approximate surface area is 215 Å². The van der Waals surface area contributed by atoms with E-state index in [9.17, 15) is 13.2 Å². The summed E-state index contributed by atoms with van der Waals surface area (Å²) in [5.41, 5.74) is 1.13. The first-order chi connectivity index (χ1) is 16.2. The Morgan fingerprint density at radius 2 is 1.63 bits per heavy atom. The van der Waals surface area contributed by atoms with Crippen molar-refractivity contribution in [2.45, 2.75) is 11.3 Å². The fourth-order valence-corrected chi connectivity index (χ4v) is 5.44. The van der Waals surface area contributed by atoms with Gasteiger partial charge >= 0.3 is 0 Å². The molecular formula is C23H29ClN4O5S2. The van der Waals surface area contributed by atoms with Crippen LogP contribution in [0.2, 0.25) is 0 Å². The first kappa shape index (κ1) is 27.2. The molecule has 0 saturated carbocycles. The zero-order valence-corrected chi connectivity index (χ0v) is 22.5. The summed E-state index contributed by atoms with van der Waals surface area (Å²) < 4.78 is 38.1. The maximum Gasteiger partial charge on any atom is 0.260 e. The van der Waals surface area contributed by atoms with Gasteiger partial charge in [-0.05, 0) is 51.3 Å². The summed E-state index contributed by atoms with van der Waals surface area (Å²) in [6, 6.07) is 9.75. The van der Waals surface area contributed by atoms with Crippen LogP contribution in [-0.2, 0) is 10.0 Å². The molecule has 2 aromatic carbocycles. The van der Waals surface area contributed by atoms with Crippen LogP contribution < -0.4 is 14.4 Å². The van der Waals surface area contributed by atoms with E-state index in [1.54, 1.807) is 17.0 Å². The van der Waals surface area contributed by atoms with Crippen molar-refractivity contribution in [2.24, 2.45) is 0 Å². The molecule has 0 saturated heterocycles. The Bertz CT molecular complexity index is 1250. The maximum atomic E-state index is 13.5. The average Bonchev–Trinajstić information content (AvgIpc) is 3.22. The van der Waals surface area contributed by atoms with Gasteiger partial charge in [-0.2, -0.15) is 0 Å². The van der Waals surface area contributed by atoms with Crippen LogP contribution in [0.15, 0.2) is 41.3 Å². The number of aromatic nitrogens is 1. The molecule has 12 heteroatoms. The Hall–Kier alpha value is -2.44. The van der Waals surface area contributed by atoms with Crippen molar-refractivity contribution in [2.75, 3.05) is 59.4 Å². The van der Waals surface area contributed by atoms with Gasteiger partial charge in [0.1, 0.15) is 13.2 Å². The molecule has 4 rings (SSSR count). The molecule has 0 aliphatic carbocycles. The van der Waals surface area contributed by atoms with Crippen LogP contribution in [0.4, 0.5) is 5.13 Å². The Morgan fingerprint density at radius 3 is 2.23 bits per heavy atom. The van der Waals surface area contributed by atoms with Gasteiger partial charge in [-0.15, -0.1) is 12.4 Å². The van der Waals surface area contributed by atoms with E-state index in [0.29, 0.717) is 42.0 Å². The van der Waals surface area contributed by atoms with E-state index in [1.165, 1.54) is 37.6 Å². The molecule has 190 valence electrons. The number of carbonyl (C=O) groups excluding carboxylic acids is 1. The Kier molecular flexibility index (Phi) is 8.60. The van der Waals surface area contributed by atoms with Crippen molar-refractivity contribution >= 4 is 55.0 Å². The topological polar surface area (TPSA) is 92.3 Å². The second kappa shape index (κ2) is 11.1. The number of amides is 1. The third-order valence-electron chi connectivity index (χ3n) is 5.38. The molecular weight excluding hydrogens is 512 g/mol. The summed E-state index contributed by atoms with van der Waals surface area (Å²) in [7, 11) is 3.35. The Balaban J connectivity index is 0.00000342. The third-order valence-corrected chi connectivity index (χ3v) is 8.25. The first-order valence-corrected chi connectivity index (χ1v) is 13.1. The van der Waals surface area contributed by atoms with Crippen molar-refractivity contribution in [1.29, 1.82) is 0 Å². The minimum atomic E-state index is -3.57. The van der Waals surface area contributed by atoms with E-state index in [4.69, 9.17) is 14.5 Å². The quantitative estimate of drug-likeness (QED) is 0.432. The summed E-state index contributed by atoms with van der Waals surface area (Å²) in [5.74, 6) is 1.10. The molecule has 3 aromatic rings. The highest BCUT2D eigenvalue weighted by molar-refractivity contribution is 7.89. The van der Waals surface area contributed by atoms with Crippen LogP contribution in [0, 0.1) is 0 Å². The van der Waals surface area contributed by atoms with Gasteiger partial charge in [0.25, 0.3) is 5.91 Å². The summed E-state index contributed by atoms with van der Waals surface area (Å²) in [6.45, 7) is 2.27. The lowest BCUT2D eigenvalue weighted by atomic mass is 10.2. The van der Waals surface area contributed by atoms with Crippen LogP contribution in [0.3, 0.4) is 0 Å². The number of thiazole rings is 1. The smallest absolute Gasteiger partial charge is 0.260 e. The molecule has 0 atom stereocenters. The molecule has 0 fully saturated rings. The molecule has 1 aromatic heterocycles. The van der Waals surface area contributed by atoms with Gasteiger partial charge in [0.15, 0.2) is 16.6 Å².